The van der Waals surface area contributed by atoms with Crippen molar-refractivity contribution in [3.05, 3.63) is 36.5 Å². The number of nitrogens with zero attached hydrogens (tertiary/aromatic N) is 2. The van der Waals surface area contributed by atoms with Crippen LogP contribution >= 0.6 is 0 Å². The van der Waals surface area contributed by atoms with E-state index >= 15 is 0 Å². The van der Waals surface area contributed by atoms with Crippen molar-refractivity contribution >= 4 is 11.1 Å². The first-order valence-corrected chi connectivity index (χ1v) is 11.3. The number of oxazole rings is 1. The molecule has 4 nitrogen and oxygen atoms in total. The van der Waals surface area contributed by atoms with Crippen LogP contribution in [0.1, 0.15) is 109 Å². The number of fused-ring (bicyclic) bond motifs is 1. The van der Waals surface area contributed by atoms with Crippen LogP contribution < -0.4 is 0 Å². The van der Waals surface area contributed by atoms with Gasteiger partial charge >= 0.3 is 0 Å². The predicted octanol–water partition coefficient (Wildman–Crippen LogP) is 7.29. The molecule has 0 amide bonds. The molecule has 156 valence electrons. The average molecular weight is 387 g/mol. The fourth-order valence-electron chi connectivity index (χ4n) is 3.47. The molecule has 0 saturated heterocycles. The topological polar surface area (TPSA) is 59.2 Å². The van der Waals surface area contributed by atoms with Gasteiger partial charge in [-0.25, -0.2) is 4.98 Å². The summed E-state index contributed by atoms with van der Waals surface area (Å²) in [6.45, 7) is 2.27. The molecule has 0 aliphatic heterocycles. The highest BCUT2D eigenvalue weighted by Crippen LogP contribution is 2.23. The molecular weight excluding hydrogens is 348 g/mol. The quantitative estimate of drug-likeness (QED) is 0.243. The minimum atomic E-state index is -0.614. The first kappa shape index (κ1) is 22.6. The molecule has 0 aliphatic rings. The van der Waals surface area contributed by atoms with E-state index in [0.29, 0.717) is 23.4 Å². The summed E-state index contributed by atoms with van der Waals surface area (Å²) in [6.07, 6.45) is 24.8. The van der Waals surface area contributed by atoms with Crippen LogP contribution in [0.3, 0.4) is 0 Å². The second kappa shape index (κ2) is 14.3. The molecular formula is C24H38N2O2. The number of aromatic nitrogens is 2. The largest absolute Gasteiger partial charge is 0.438 e. The summed E-state index contributed by atoms with van der Waals surface area (Å²) in [5.74, 6) is 0.415. The summed E-state index contributed by atoms with van der Waals surface area (Å²) in [7, 11) is 0. The fourth-order valence-corrected chi connectivity index (χ4v) is 3.47. The Morgan fingerprint density at radius 3 is 2.25 bits per heavy atom. The number of pyridine rings is 1. The molecule has 2 aromatic rings. The summed E-state index contributed by atoms with van der Waals surface area (Å²) < 4.78 is 5.60. The number of aliphatic hydroxyl groups is 1. The first-order valence-electron chi connectivity index (χ1n) is 11.3. The Hall–Kier alpha value is -1.68. The fraction of sp³-hybridized carbons (Fsp3) is 0.667. The molecule has 1 atom stereocenters. The van der Waals surface area contributed by atoms with E-state index in [2.05, 4.69) is 29.0 Å². The SMILES string of the molecule is CCCCCCCCC=CCCCCCCCC(O)c1nc2cnccc2o1. The standard InChI is InChI=1S/C24H38N2O2/c1-2-3-4-5-6-7-8-9-10-11-12-13-14-15-16-17-22(27)24-26-21-20-25-19-18-23(21)28-24/h9-10,18-20,22,27H,2-8,11-17H2,1H3. The maximum atomic E-state index is 10.2. The van der Waals surface area contributed by atoms with E-state index in [1.165, 1.54) is 70.6 Å². The van der Waals surface area contributed by atoms with Crippen LogP contribution in [0.15, 0.2) is 35.0 Å². The van der Waals surface area contributed by atoms with Crippen molar-refractivity contribution in [1.29, 1.82) is 0 Å². The van der Waals surface area contributed by atoms with Gasteiger partial charge < -0.3 is 9.52 Å². The van der Waals surface area contributed by atoms with Gasteiger partial charge in [0.05, 0.1) is 6.20 Å². The molecule has 2 rings (SSSR count). The van der Waals surface area contributed by atoms with Crippen LogP contribution in [0.5, 0.6) is 0 Å². The third kappa shape index (κ3) is 9.01. The summed E-state index contributed by atoms with van der Waals surface area (Å²) in [6, 6.07) is 1.78. The molecule has 2 aromatic heterocycles. The Kier molecular flexibility index (Phi) is 11.6. The van der Waals surface area contributed by atoms with E-state index in [9.17, 15) is 5.11 Å². The summed E-state index contributed by atoms with van der Waals surface area (Å²) in [5, 5.41) is 10.2. The second-order valence-corrected chi connectivity index (χ2v) is 7.78. The highest BCUT2D eigenvalue weighted by molar-refractivity contribution is 5.70. The number of hydrogen-bond acceptors (Lipinski definition) is 4. The third-order valence-electron chi connectivity index (χ3n) is 5.23. The first-order chi connectivity index (χ1) is 13.8. The van der Waals surface area contributed by atoms with Crippen LogP contribution in [-0.4, -0.2) is 15.1 Å². The van der Waals surface area contributed by atoms with E-state index < -0.39 is 6.10 Å². The van der Waals surface area contributed by atoms with Crippen molar-refractivity contribution in [2.24, 2.45) is 0 Å². The molecule has 1 unspecified atom stereocenters. The molecule has 0 saturated carbocycles. The molecule has 0 fully saturated rings. The molecule has 0 radical (unpaired) electrons. The van der Waals surface area contributed by atoms with Gasteiger partial charge in [0.15, 0.2) is 5.58 Å². The van der Waals surface area contributed by atoms with Crippen molar-refractivity contribution < 1.29 is 9.52 Å². The van der Waals surface area contributed by atoms with E-state index in [1.54, 1.807) is 18.5 Å². The Bertz CT molecular complexity index is 632. The molecule has 0 aliphatic carbocycles. The van der Waals surface area contributed by atoms with Gasteiger partial charge in [-0.15, -0.1) is 0 Å². The van der Waals surface area contributed by atoms with E-state index in [4.69, 9.17) is 4.42 Å². The summed E-state index contributed by atoms with van der Waals surface area (Å²) in [5.41, 5.74) is 1.40. The lowest BCUT2D eigenvalue weighted by molar-refractivity contribution is 0.133. The Morgan fingerprint density at radius 2 is 1.57 bits per heavy atom. The minimum Gasteiger partial charge on any atom is -0.438 e. The van der Waals surface area contributed by atoms with Gasteiger partial charge in [-0.05, 0) is 32.1 Å². The van der Waals surface area contributed by atoms with Gasteiger partial charge in [-0.2, -0.15) is 0 Å². The Balaban J connectivity index is 1.41. The number of allylic oxidation sites excluding steroid dienone is 2. The highest BCUT2D eigenvalue weighted by atomic mass is 16.4. The smallest absolute Gasteiger partial charge is 0.224 e. The lowest BCUT2D eigenvalue weighted by Crippen LogP contribution is -1.97. The zero-order chi connectivity index (χ0) is 19.9. The maximum Gasteiger partial charge on any atom is 0.224 e. The molecule has 1 N–H and O–H groups in total. The van der Waals surface area contributed by atoms with E-state index in [-0.39, 0.29) is 0 Å². The Labute approximate surface area is 170 Å². The molecule has 28 heavy (non-hydrogen) atoms. The summed E-state index contributed by atoms with van der Waals surface area (Å²) >= 11 is 0. The average Bonchev–Trinajstić information content (AvgIpc) is 3.15. The van der Waals surface area contributed by atoms with Crippen LogP contribution in [0.2, 0.25) is 0 Å². The molecule has 4 heteroatoms. The van der Waals surface area contributed by atoms with Gasteiger partial charge in [0.25, 0.3) is 0 Å². The summed E-state index contributed by atoms with van der Waals surface area (Å²) in [4.78, 5) is 8.34. The lowest BCUT2D eigenvalue weighted by Gasteiger charge is -2.06. The number of aliphatic hydroxyl groups excluding tert-OH is 1. The van der Waals surface area contributed by atoms with Crippen molar-refractivity contribution in [1.82, 2.24) is 9.97 Å². The normalized spacial score (nSPS) is 12.9. The third-order valence-corrected chi connectivity index (χ3v) is 5.23. The van der Waals surface area contributed by atoms with Gasteiger partial charge in [0.2, 0.25) is 5.89 Å². The minimum absolute atomic E-state index is 0.415. The molecule has 2 heterocycles. The van der Waals surface area contributed by atoms with Crippen molar-refractivity contribution in [2.45, 2.75) is 103 Å². The van der Waals surface area contributed by atoms with E-state index in [1.807, 2.05) is 0 Å². The van der Waals surface area contributed by atoms with Gasteiger partial charge in [0, 0.05) is 12.3 Å². The molecule has 0 bridgehead atoms. The van der Waals surface area contributed by atoms with Crippen molar-refractivity contribution in [3.8, 4) is 0 Å². The maximum absolute atomic E-state index is 10.2. The number of unbranched alkanes of at least 4 members (excludes halogenated alkanes) is 11. The monoisotopic (exact) mass is 386 g/mol. The van der Waals surface area contributed by atoms with Crippen molar-refractivity contribution in [3.63, 3.8) is 0 Å². The van der Waals surface area contributed by atoms with Gasteiger partial charge in [-0.1, -0.05) is 76.9 Å². The van der Waals surface area contributed by atoms with E-state index in [0.717, 1.165) is 12.8 Å². The number of rotatable bonds is 16. The van der Waals surface area contributed by atoms with Crippen molar-refractivity contribution in [2.75, 3.05) is 0 Å². The van der Waals surface area contributed by atoms with Crippen LogP contribution in [0.4, 0.5) is 0 Å². The Morgan fingerprint density at radius 1 is 0.929 bits per heavy atom. The number of hydrogen-bond donors (Lipinski definition) is 1. The molecule has 0 aromatic carbocycles. The van der Waals surface area contributed by atoms with Gasteiger partial charge in [-0.3, -0.25) is 4.98 Å². The zero-order valence-electron chi connectivity index (χ0n) is 17.6. The zero-order valence-corrected chi connectivity index (χ0v) is 17.6. The van der Waals surface area contributed by atoms with Crippen LogP contribution in [-0.2, 0) is 0 Å². The molecule has 0 spiro atoms. The van der Waals surface area contributed by atoms with Gasteiger partial charge in [0.1, 0.15) is 11.6 Å². The lowest BCUT2D eigenvalue weighted by atomic mass is 10.1. The second-order valence-electron chi connectivity index (χ2n) is 7.78. The van der Waals surface area contributed by atoms with Crippen LogP contribution in [0, 0.1) is 0 Å². The highest BCUT2D eigenvalue weighted by Gasteiger charge is 2.14. The van der Waals surface area contributed by atoms with Crippen LogP contribution in [0.25, 0.3) is 11.1 Å². The predicted molar refractivity (Wildman–Crippen MR) is 116 cm³/mol.